The van der Waals surface area contributed by atoms with Crippen molar-refractivity contribution in [3.8, 4) is 0 Å². The van der Waals surface area contributed by atoms with Crippen molar-refractivity contribution >= 4 is 11.9 Å². The number of aromatic carboxylic acids is 2. The highest BCUT2D eigenvalue weighted by molar-refractivity contribution is 6.00. The number of aromatic nitrogens is 2. The summed E-state index contributed by atoms with van der Waals surface area (Å²) < 4.78 is 1.17. The van der Waals surface area contributed by atoms with Crippen LogP contribution in [0, 0.1) is 0 Å². The van der Waals surface area contributed by atoms with Crippen LogP contribution in [0.25, 0.3) is 0 Å². The Kier molecular flexibility index (Phi) is 3.09. The Bertz CT molecular complexity index is 589. The van der Waals surface area contributed by atoms with E-state index in [1.807, 2.05) is 30.3 Å². The van der Waals surface area contributed by atoms with Gasteiger partial charge in [0.1, 0.15) is 5.56 Å². The second-order valence-corrected chi connectivity index (χ2v) is 3.66. The molecule has 6 nitrogen and oxygen atoms in total. The zero-order chi connectivity index (χ0) is 13.1. The van der Waals surface area contributed by atoms with E-state index in [1.165, 1.54) is 4.68 Å². The summed E-state index contributed by atoms with van der Waals surface area (Å²) in [5.41, 5.74) is 0.227. The van der Waals surface area contributed by atoms with E-state index < -0.39 is 11.9 Å². The van der Waals surface area contributed by atoms with Gasteiger partial charge in [-0.2, -0.15) is 5.10 Å². The quantitative estimate of drug-likeness (QED) is 0.848. The molecule has 0 radical (unpaired) electrons. The number of carboxylic acids is 2. The Morgan fingerprint density at radius 1 is 1.11 bits per heavy atom. The molecule has 1 aromatic heterocycles. The zero-order valence-electron chi connectivity index (χ0n) is 9.28. The molecule has 2 rings (SSSR count). The highest BCUT2D eigenvalue weighted by Gasteiger charge is 2.22. The molecular formula is C12H10N2O4. The SMILES string of the molecule is O=C(O)c1cnn(Cc2ccccc2)c1C(=O)O. The monoisotopic (exact) mass is 246 g/mol. The molecule has 18 heavy (non-hydrogen) atoms. The van der Waals surface area contributed by atoms with Crippen LogP contribution in [0.4, 0.5) is 0 Å². The normalized spacial score (nSPS) is 10.2. The Morgan fingerprint density at radius 3 is 2.33 bits per heavy atom. The number of carbonyl (C=O) groups is 2. The van der Waals surface area contributed by atoms with E-state index in [-0.39, 0.29) is 17.8 Å². The van der Waals surface area contributed by atoms with E-state index in [0.717, 1.165) is 11.8 Å². The summed E-state index contributed by atoms with van der Waals surface area (Å²) in [7, 11) is 0. The predicted molar refractivity (Wildman–Crippen MR) is 61.7 cm³/mol. The summed E-state index contributed by atoms with van der Waals surface area (Å²) in [6.45, 7) is 0.218. The fourth-order valence-electron chi connectivity index (χ4n) is 1.64. The Morgan fingerprint density at radius 2 is 1.78 bits per heavy atom. The maximum atomic E-state index is 11.1. The molecule has 0 amide bonds. The number of nitrogens with zero attached hydrogens (tertiary/aromatic N) is 2. The van der Waals surface area contributed by atoms with Gasteiger partial charge in [0.05, 0.1) is 12.7 Å². The average Bonchev–Trinajstić information content (AvgIpc) is 2.74. The summed E-state index contributed by atoms with van der Waals surface area (Å²) in [5, 5.41) is 21.7. The van der Waals surface area contributed by atoms with Gasteiger partial charge in [-0.15, -0.1) is 0 Å². The third-order valence-corrected chi connectivity index (χ3v) is 2.45. The second-order valence-electron chi connectivity index (χ2n) is 3.66. The minimum Gasteiger partial charge on any atom is -0.478 e. The standard InChI is InChI=1S/C12H10N2O4/c15-11(16)9-6-13-14(10(9)12(17)18)7-8-4-2-1-3-5-8/h1-6H,7H2,(H,15,16)(H,17,18). The van der Waals surface area contributed by atoms with E-state index >= 15 is 0 Å². The highest BCUT2D eigenvalue weighted by atomic mass is 16.4. The van der Waals surface area contributed by atoms with Crippen molar-refractivity contribution in [2.45, 2.75) is 6.54 Å². The second kappa shape index (κ2) is 4.70. The summed E-state index contributed by atoms with van der Waals surface area (Å²) >= 11 is 0. The molecule has 0 spiro atoms. The van der Waals surface area contributed by atoms with Crippen LogP contribution in [0.5, 0.6) is 0 Å². The zero-order valence-corrected chi connectivity index (χ0v) is 9.28. The lowest BCUT2D eigenvalue weighted by molar-refractivity contribution is 0.0643. The van der Waals surface area contributed by atoms with Crippen molar-refractivity contribution in [3.05, 3.63) is 53.3 Å². The molecule has 0 aliphatic carbocycles. The maximum Gasteiger partial charge on any atom is 0.355 e. The molecule has 6 heteroatoms. The molecule has 0 fully saturated rings. The first-order valence-corrected chi connectivity index (χ1v) is 5.16. The Hall–Kier alpha value is -2.63. The van der Waals surface area contributed by atoms with Gasteiger partial charge in [0, 0.05) is 0 Å². The van der Waals surface area contributed by atoms with Crippen molar-refractivity contribution in [3.63, 3.8) is 0 Å². The van der Waals surface area contributed by atoms with Gasteiger partial charge in [-0.1, -0.05) is 30.3 Å². The van der Waals surface area contributed by atoms with Crippen LogP contribution in [-0.4, -0.2) is 31.9 Å². The smallest absolute Gasteiger partial charge is 0.355 e. The lowest BCUT2D eigenvalue weighted by Crippen LogP contribution is -2.14. The van der Waals surface area contributed by atoms with E-state index in [4.69, 9.17) is 10.2 Å². The van der Waals surface area contributed by atoms with E-state index in [2.05, 4.69) is 5.10 Å². The van der Waals surface area contributed by atoms with Gasteiger partial charge in [-0.3, -0.25) is 4.68 Å². The molecular weight excluding hydrogens is 236 g/mol. The van der Waals surface area contributed by atoms with Gasteiger partial charge in [0.2, 0.25) is 0 Å². The number of hydrogen-bond acceptors (Lipinski definition) is 3. The minimum absolute atomic E-state index is 0.218. The van der Waals surface area contributed by atoms with Gasteiger partial charge in [-0.05, 0) is 5.56 Å². The summed E-state index contributed by atoms with van der Waals surface area (Å²) in [6.07, 6.45) is 1.05. The van der Waals surface area contributed by atoms with Crippen LogP contribution in [0.1, 0.15) is 26.4 Å². The van der Waals surface area contributed by atoms with Gasteiger partial charge >= 0.3 is 11.9 Å². The molecule has 0 aliphatic heterocycles. The van der Waals surface area contributed by atoms with Crippen molar-refractivity contribution < 1.29 is 19.8 Å². The molecule has 2 N–H and O–H groups in total. The fourth-order valence-corrected chi connectivity index (χ4v) is 1.64. The van der Waals surface area contributed by atoms with Crippen LogP contribution in [-0.2, 0) is 6.54 Å². The van der Waals surface area contributed by atoms with E-state index in [9.17, 15) is 9.59 Å². The Balaban J connectivity index is 2.40. The number of benzene rings is 1. The van der Waals surface area contributed by atoms with Crippen molar-refractivity contribution in [1.29, 1.82) is 0 Å². The third-order valence-electron chi connectivity index (χ3n) is 2.45. The Labute approximate surface area is 102 Å². The van der Waals surface area contributed by atoms with Crippen LogP contribution in [0.2, 0.25) is 0 Å². The predicted octanol–water partition coefficient (Wildman–Crippen LogP) is 1.33. The molecule has 92 valence electrons. The average molecular weight is 246 g/mol. The van der Waals surface area contributed by atoms with E-state index in [1.54, 1.807) is 0 Å². The molecule has 0 atom stereocenters. The summed E-state index contributed by atoms with van der Waals surface area (Å²) in [4.78, 5) is 21.9. The lowest BCUT2D eigenvalue weighted by Gasteiger charge is -2.04. The molecule has 1 heterocycles. The highest BCUT2D eigenvalue weighted by Crippen LogP contribution is 2.11. The fraction of sp³-hybridized carbons (Fsp3) is 0.0833. The van der Waals surface area contributed by atoms with Crippen molar-refractivity contribution in [2.24, 2.45) is 0 Å². The van der Waals surface area contributed by atoms with Gasteiger partial charge < -0.3 is 10.2 Å². The maximum absolute atomic E-state index is 11.1. The van der Waals surface area contributed by atoms with Crippen LogP contribution < -0.4 is 0 Å². The van der Waals surface area contributed by atoms with Gasteiger partial charge in [0.15, 0.2) is 5.69 Å². The minimum atomic E-state index is -1.30. The largest absolute Gasteiger partial charge is 0.478 e. The lowest BCUT2D eigenvalue weighted by atomic mass is 10.2. The molecule has 0 unspecified atom stereocenters. The first-order chi connectivity index (χ1) is 8.59. The topological polar surface area (TPSA) is 92.4 Å². The molecule has 2 aromatic rings. The molecule has 0 saturated carbocycles. The van der Waals surface area contributed by atoms with Crippen LogP contribution >= 0.6 is 0 Å². The first kappa shape index (κ1) is 11.8. The van der Waals surface area contributed by atoms with Crippen molar-refractivity contribution in [1.82, 2.24) is 9.78 Å². The molecule has 0 aliphatic rings. The number of carboxylic acid groups (broad SMARTS) is 2. The third kappa shape index (κ3) is 2.22. The number of hydrogen-bond donors (Lipinski definition) is 2. The van der Waals surface area contributed by atoms with Gasteiger partial charge in [0.25, 0.3) is 0 Å². The molecule has 0 saturated heterocycles. The van der Waals surface area contributed by atoms with Gasteiger partial charge in [-0.25, -0.2) is 9.59 Å². The summed E-state index contributed by atoms with van der Waals surface area (Å²) in [5.74, 6) is -2.60. The molecule has 1 aromatic carbocycles. The van der Waals surface area contributed by atoms with Crippen LogP contribution in [0.15, 0.2) is 36.5 Å². The molecule has 0 bridgehead atoms. The van der Waals surface area contributed by atoms with Crippen LogP contribution in [0.3, 0.4) is 0 Å². The first-order valence-electron chi connectivity index (χ1n) is 5.16. The summed E-state index contributed by atoms with van der Waals surface area (Å²) in [6, 6.07) is 9.10. The number of rotatable bonds is 4. The van der Waals surface area contributed by atoms with E-state index in [0.29, 0.717) is 0 Å². The van der Waals surface area contributed by atoms with Crippen molar-refractivity contribution in [2.75, 3.05) is 0 Å².